The molecular formula is C12H15ClFN3. The van der Waals surface area contributed by atoms with Gasteiger partial charge >= 0.3 is 0 Å². The Balaban J connectivity index is 2.31. The number of anilines is 1. The molecule has 1 aromatic carbocycles. The minimum Gasteiger partial charge on any atom is -0.349 e. The average Bonchev–Trinajstić information content (AvgIpc) is 2.70. The van der Waals surface area contributed by atoms with E-state index in [1.165, 1.54) is 12.1 Å². The van der Waals surface area contributed by atoms with Gasteiger partial charge in [-0.05, 0) is 31.5 Å². The van der Waals surface area contributed by atoms with E-state index in [9.17, 15) is 4.39 Å². The number of hydrogen-bond acceptors (Lipinski definition) is 2. The van der Waals surface area contributed by atoms with Gasteiger partial charge in [0, 0.05) is 5.88 Å². The lowest BCUT2D eigenvalue weighted by molar-refractivity contribution is 0.549. The van der Waals surface area contributed by atoms with Gasteiger partial charge in [0.25, 0.3) is 0 Å². The summed E-state index contributed by atoms with van der Waals surface area (Å²) >= 11 is 5.92. The standard InChI is InChI=1S/C12H15ClFN3/c1-3-12(2,7-13)17-11-15-9-5-4-8(14)6-10(9)16-11/h4-6H,3,7H2,1-2H3,(H2,15,16,17). The highest BCUT2D eigenvalue weighted by Gasteiger charge is 2.21. The van der Waals surface area contributed by atoms with Crippen LogP contribution in [0, 0.1) is 5.82 Å². The average molecular weight is 256 g/mol. The van der Waals surface area contributed by atoms with Crippen LogP contribution in [0.4, 0.5) is 10.3 Å². The van der Waals surface area contributed by atoms with Crippen LogP contribution in [0.25, 0.3) is 11.0 Å². The predicted octanol–water partition coefficient (Wildman–Crippen LogP) is 3.52. The van der Waals surface area contributed by atoms with Crippen LogP contribution in [0.1, 0.15) is 20.3 Å². The quantitative estimate of drug-likeness (QED) is 0.821. The topological polar surface area (TPSA) is 40.7 Å². The van der Waals surface area contributed by atoms with Gasteiger partial charge in [0.1, 0.15) is 5.82 Å². The van der Waals surface area contributed by atoms with E-state index >= 15 is 0 Å². The van der Waals surface area contributed by atoms with Gasteiger partial charge in [-0.2, -0.15) is 0 Å². The molecule has 1 unspecified atom stereocenters. The summed E-state index contributed by atoms with van der Waals surface area (Å²) in [5.74, 6) is 0.827. The first-order chi connectivity index (χ1) is 8.06. The van der Waals surface area contributed by atoms with Crippen molar-refractivity contribution in [2.24, 2.45) is 0 Å². The van der Waals surface area contributed by atoms with Crippen LogP contribution >= 0.6 is 11.6 Å². The summed E-state index contributed by atoms with van der Waals surface area (Å²) in [6, 6.07) is 4.47. The van der Waals surface area contributed by atoms with Crippen molar-refractivity contribution in [2.45, 2.75) is 25.8 Å². The molecule has 17 heavy (non-hydrogen) atoms. The first-order valence-electron chi connectivity index (χ1n) is 5.56. The van der Waals surface area contributed by atoms with Crippen LogP contribution in [0.5, 0.6) is 0 Å². The van der Waals surface area contributed by atoms with Crippen molar-refractivity contribution in [2.75, 3.05) is 11.2 Å². The number of nitrogens with one attached hydrogen (secondary N) is 2. The minimum absolute atomic E-state index is 0.214. The second-order valence-electron chi connectivity index (χ2n) is 4.42. The molecule has 0 bridgehead atoms. The number of H-pyrrole nitrogens is 1. The molecule has 0 fully saturated rings. The third-order valence-electron chi connectivity index (χ3n) is 2.94. The van der Waals surface area contributed by atoms with Gasteiger partial charge in [0.05, 0.1) is 16.6 Å². The fraction of sp³-hybridized carbons (Fsp3) is 0.417. The number of alkyl halides is 1. The number of nitrogens with zero attached hydrogens (tertiary/aromatic N) is 1. The first kappa shape index (κ1) is 12.2. The maximum Gasteiger partial charge on any atom is 0.201 e. The van der Waals surface area contributed by atoms with Gasteiger partial charge in [0.2, 0.25) is 5.95 Å². The van der Waals surface area contributed by atoms with Crippen molar-refractivity contribution in [1.82, 2.24) is 9.97 Å². The minimum atomic E-state index is -0.275. The van der Waals surface area contributed by atoms with E-state index in [4.69, 9.17) is 11.6 Å². The van der Waals surface area contributed by atoms with Crippen LogP contribution in [0.15, 0.2) is 18.2 Å². The van der Waals surface area contributed by atoms with Crippen molar-refractivity contribution in [3.8, 4) is 0 Å². The maximum atomic E-state index is 13.0. The van der Waals surface area contributed by atoms with Gasteiger partial charge in [-0.15, -0.1) is 11.6 Å². The monoisotopic (exact) mass is 255 g/mol. The highest BCUT2D eigenvalue weighted by Crippen LogP contribution is 2.21. The summed E-state index contributed by atoms with van der Waals surface area (Å²) < 4.78 is 13.0. The lowest BCUT2D eigenvalue weighted by atomic mass is 10.0. The Morgan fingerprint density at radius 3 is 2.94 bits per heavy atom. The zero-order chi connectivity index (χ0) is 12.5. The second-order valence-corrected chi connectivity index (χ2v) is 4.69. The van der Waals surface area contributed by atoms with Crippen molar-refractivity contribution >= 4 is 28.6 Å². The Labute approximate surface area is 104 Å². The van der Waals surface area contributed by atoms with Crippen molar-refractivity contribution < 1.29 is 4.39 Å². The number of imidazole rings is 1. The van der Waals surface area contributed by atoms with Gasteiger partial charge in [-0.3, -0.25) is 0 Å². The molecule has 0 aliphatic heterocycles. The van der Waals surface area contributed by atoms with E-state index in [1.54, 1.807) is 6.07 Å². The zero-order valence-corrected chi connectivity index (χ0v) is 10.6. The molecule has 0 radical (unpaired) electrons. The summed E-state index contributed by atoms with van der Waals surface area (Å²) in [6.45, 7) is 4.07. The summed E-state index contributed by atoms with van der Waals surface area (Å²) in [5.41, 5.74) is 1.20. The normalized spacial score (nSPS) is 14.8. The van der Waals surface area contributed by atoms with E-state index in [1.807, 2.05) is 6.92 Å². The van der Waals surface area contributed by atoms with Crippen LogP contribution in [0.3, 0.4) is 0 Å². The van der Waals surface area contributed by atoms with E-state index < -0.39 is 0 Å². The fourth-order valence-corrected chi connectivity index (χ4v) is 1.80. The molecule has 2 N–H and O–H groups in total. The number of fused-ring (bicyclic) bond motifs is 1. The Morgan fingerprint density at radius 1 is 1.53 bits per heavy atom. The summed E-state index contributed by atoms with van der Waals surface area (Å²) in [5, 5.41) is 3.24. The molecule has 1 atom stereocenters. The second kappa shape index (κ2) is 4.53. The van der Waals surface area contributed by atoms with Crippen LogP contribution in [-0.4, -0.2) is 21.4 Å². The van der Waals surface area contributed by atoms with E-state index in [0.717, 1.165) is 11.9 Å². The molecule has 3 nitrogen and oxygen atoms in total. The van der Waals surface area contributed by atoms with Gasteiger partial charge in [0.15, 0.2) is 0 Å². The Hall–Kier alpha value is -1.29. The van der Waals surface area contributed by atoms with E-state index in [-0.39, 0.29) is 11.4 Å². The maximum absolute atomic E-state index is 13.0. The molecular weight excluding hydrogens is 241 g/mol. The molecule has 0 spiro atoms. The van der Waals surface area contributed by atoms with Crippen LogP contribution < -0.4 is 5.32 Å². The highest BCUT2D eigenvalue weighted by atomic mass is 35.5. The molecule has 1 heterocycles. The molecule has 0 saturated heterocycles. The smallest absolute Gasteiger partial charge is 0.201 e. The predicted molar refractivity (Wildman–Crippen MR) is 69.1 cm³/mol. The molecule has 0 amide bonds. The first-order valence-corrected chi connectivity index (χ1v) is 6.09. The van der Waals surface area contributed by atoms with Gasteiger partial charge in [-0.1, -0.05) is 6.92 Å². The fourth-order valence-electron chi connectivity index (χ4n) is 1.54. The van der Waals surface area contributed by atoms with Gasteiger partial charge < -0.3 is 10.3 Å². The van der Waals surface area contributed by atoms with Crippen molar-refractivity contribution in [1.29, 1.82) is 0 Å². The number of halogens is 2. The Kier molecular flexibility index (Phi) is 3.24. The molecule has 0 aliphatic carbocycles. The number of aromatic amines is 1. The summed E-state index contributed by atoms with van der Waals surface area (Å²) in [6.07, 6.45) is 0.877. The largest absolute Gasteiger partial charge is 0.349 e. The number of aromatic nitrogens is 2. The van der Waals surface area contributed by atoms with E-state index in [2.05, 4.69) is 22.2 Å². The number of hydrogen-bond donors (Lipinski definition) is 2. The summed E-state index contributed by atoms with van der Waals surface area (Å²) in [7, 11) is 0. The summed E-state index contributed by atoms with van der Waals surface area (Å²) in [4.78, 5) is 7.38. The molecule has 5 heteroatoms. The molecule has 0 aliphatic rings. The molecule has 2 rings (SSSR count). The lowest BCUT2D eigenvalue weighted by Gasteiger charge is -2.26. The molecule has 92 valence electrons. The molecule has 0 saturated carbocycles. The third kappa shape index (κ3) is 2.52. The highest BCUT2D eigenvalue weighted by molar-refractivity contribution is 6.18. The molecule has 2 aromatic rings. The van der Waals surface area contributed by atoms with Crippen LogP contribution in [-0.2, 0) is 0 Å². The third-order valence-corrected chi connectivity index (χ3v) is 3.53. The molecule has 1 aromatic heterocycles. The Morgan fingerprint density at radius 2 is 2.29 bits per heavy atom. The van der Waals surface area contributed by atoms with Crippen molar-refractivity contribution in [3.63, 3.8) is 0 Å². The SMILES string of the molecule is CCC(C)(CCl)Nc1nc2ccc(F)cc2[nH]1. The van der Waals surface area contributed by atoms with E-state index in [0.29, 0.717) is 17.3 Å². The zero-order valence-electron chi connectivity index (χ0n) is 9.85. The lowest BCUT2D eigenvalue weighted by Crippen LogP contribution is -2.36. The van der Waals surface area contributed by atoms with Crippen LogP contribution in [0.2, 0.25) is 0 Å². The number of benzene rings is 1. The Bertz CT molecular complexity index is 519. The number of rotatable bonds is 4. The van der Waals surface area contributed by atoms with Crippen molar-refractivity contribution in [3.05, 3.63) is 24.0 Å². The van der Waals surface area contributed by atoms with Gasteiger partial charge in [-0.25, -0.2) is 9.37 Å².